The van der Waals surface area contributed by atoms with Crippen LogP contribution in [0.1, 0.15) is 5.56 Å². The number of phenols is 1. The molecule has 25 heavy (non-hydrogen) atoms. The van der Waals surface area contributed by atoms with Crippen molar-refractivity contribution in [1.82, 2.24) is 9.78 Å². The number of nitrogens with one attached hydrogen (secondary N) is 1. The number of nitrogens with zero attached hydrogens (tertiary/aromatic N) is 1. The molecule has 0 bridgehead atoms. The number of aromatic hydroxyl groups is 1. The molecule has 4 rings (SSSR count). The quantitative estimate of drug-likeness (QED) is 0.593. The zero-order valence-electron chi connectivity index (χ0n) is 13.4. The molecule has 1 heterocycles. The van der Waals surface area contributed by atoms with Crippen LogP contribution >= 0.6 is 0 Å². The Morgan fingerprint density at radius 3 is 2.44 bits per heavy atom. The maximum absolute atomic E-state index is 12.8. The van der Waals surface area contributed by atoms with Crippen LogP contribution in [0.5, 0.6) is 5.75 Å². The second-order valence-electron chi connectivity index (χ2n) is 5.91. The molecule has 0 radical (unpaired) electrons. The first-order chi connectivity index (χ1) is 12.1. The van der Waals surface area contributed by atoms with E-state index in [1.807, 2.05) is 42.5 Å². The molecule has 0 saturated heterocycles. The zero-order chi connectivity index (χ0) is 17.4. The maximum Gasteiger partial charge on any atom is 0.279 e. The van der Waals surface area contributed by atoms with E-state index in [-0.39, 0.29) is 11.3 Å². The van der Waals surface area contributed by atoms with Gasteiger partial charge in [0, 0.05) is 0 Å². The zero-order valence-corrected chi connectivity index (χ0v) is 13.4. The summed E-state index contributed by atoms with van der Waals surface area (Å²) in [6.07, 6.45) is 1.76. The van der Waals surface area contributed by atoms with Crippen molar-refractivity contribution in [3.8, 4) is 11.4 Å². The number of fused-ring (bicyclic) bond motifs is 1. The van der Waals surface area contributed by atoms with E-state index >= 15 is 0 Å². The molecule has 0 atom stereocenters. The third-order valence-corrected chi connectivity index (χ3v) is 4.20. The molecular weight excluding hydrogens is 312 g/mol. The van der Waals surface area contributed by atoms with Gasteiger partial charge in [-0.1, -0.05) is 49.0 Å². The van der Waals surface area contributed by atoms with Crippen molar-refractivity contribution >= 4 is 23.4 Å². The van der Waals surface area contributed by atoms with E-state index in [4.69, 9.17) is 0 Å². The SMILES string of the molecule is C=c1[nH]n(-c2ccc3ccccc3c2)c(=O)c1=Cc1ccc(O)cc1. The predicted octanol–water partition coefficient (Wildman–Crippen LogP) is 2.26. The fraction of sp³-hybridized carbons (Fsp3) is 0. The van der Waals surface area contributed by atoms with Gasteiger partial charge in [-0.15, -0.1) is 0 Å². The van der Waals surface area contributed by atoms with E-state index in [0.717, 1.165) is 22.0 Å². The molecule has 4 heteroatoms. The molecule has 0 spiro atoms. The van der Waals surface area contributed by atoms with Gasteiger partial charge in [0.1, 0.15) is 5.75 Å². The first kappa shape index (κ1) is 15.0. The molecule has 0 aliphatic carbocycles. The minimum Gasteiger partial charge on any atom is -0.508 e. The molecule has 0 aliphatic rings. The summed E-state index contributed by atoms with van der Waals surface area (Å²) in [5, 5.41) is 15.6. The lowest BCUT2D eigenvalue weighted by atomic mass is 10.1. The molecule has 1 aromatic heterocycles. The lowest BCUT2D eigenvalue weighted by Gasteiger charge is -2.03. The Balaban J connectivity index is 1.88. The van der Waals surface area contributed by atoms with Gasteiger partial charge in [-0.25, -0.2) is 4.68 Å². The van der Waals surface area contributed by atoms with Crippen molar-refractivity contribution < 1.29 is 5.11 Å². The van der Waals surface area contributed by atoms with Crippen LogP contribution in [0, 0.1) is 0 Å². The van der Waals surface area contributed by atoms with Crippen molar-refractivity contribution in [2.24, 2.45) is 0 Å². The number of rotatable bonds is 2. The summed E-state index contributed by atoms with van der Waals surface area (Å²) in [5.74, 6) is 0.189. The van der Waals surface area contributed by atoms with Crippen LogP contribution < -0.4 is 16.1 Å². The number of aromatic amines is 1. The maximum atomic E-state index is 12.8. The van der Waals surface area contributed by atoms with Crippen LogP contribution in [0.3, 0.4) is 0 Å². The van der Waals surface area contributed by atoms with Gasteiger partial charge in [0.05, 0.1) is 16.3 Å². The van der Waals surface area contributed by atoms with Crippen molar-refractivity contribution in [2.45, 2.75) is 0 Å². The molecule has 0 amide bonds. The van der Waals surface area contributed by atoms with E-state index in [1.54, 1.807) is 30.3 Å². The second-order valence-corrected chi connectivity index (χ2v) is 5.91. The first-order valence-electron chi connectivity index (χ1n) is 7.92. The number of hydrogen-bond donors (Lipinski definition) is 2. The van der Waals surface area contributed by atoms with Gasteiger partial charge in [0.2, 0.25) is 0 Å². The monoisotopic (exact) mass is 328 g/mol. The molecular formula is C21H16N2O2. The van der Waals surface area contributed by atoms with Crippen molar-refractivity contribution in [2.75, 3.05) is 0 Å². The Hall–Kier alpha value is -3.53. The Morgan fingerprint density at radius 2 is 1.68 bits per heavy atom. The normalized spacial score (nSPS) is 11.9. The lowest BCUT2D eigenvalue weighted by Crippen LogP contribution is -2.33. The highest BCUT2D eigenvalue weighted by Crippen LogP contribution is 2.16. The van der Waals surface area contributed by atoms with E-state index in [9.17, 15) is 9.90 Å². The average Bonchev–Trinajstić information content (AvgIpc) is 2.91. The molecule has 0 aliphatic heterocycles. The van der Waals surface area contributed by atoms with Gasteiger partial charge in [0.25, 0.3) is 5.56 Å². The van der Waals surface area contributed by atoms with E-state index < -0.39 is 0 Å². The third kappa shape index (κ3) is 2.74. The van der Waals surface area contributed by atoms with E-state index in [0.29, 0.717) is 10.6 Å². The standard InChI is InChI=1S/C21H16N2O2/c1-14-20(12-15-6-10-19(24)11-7-15)21(25)23(22-14)18-9-8-16-4-2-3-5-17(16)13-18/h2-13,22,24H,1H2. The average molecular weight is 328 g/mol. The minimum absolute atomic E-state index is 0.159. The molecule has 0 saturated carbocycles. The second kappa shape index (κ2) is 5.83. The summed E-state index contributed by atoms with van der Waals surface area (Å²) in [5.41, 5.74) is 1.43. The number of phenolic OH excluding ortho intramolecular Hbond substituents is 1. The molecule has 4 nitrogen and oxygen atoms in total. The molecule has 4 aromatic rings. The van der Waals surface area contributed by atoms with Gasteiger partial charge in [-0.3, -0.25) is 9.89 Å². The summed E-state index contributed by atoms with van der Waals surface area (Å²) in [4.78, 5) is 12.8. The van der Waals surface area contributed by atoms with Gasteiger partial charge in [-0.2, -0.15) is 0 Å². The van der Waals surface area contributed by atoms with Crippen LogP contribution in [0.15, 0.2) is 71.5 Å². The Bertz CT molecular complexity index is 1230. The summed E-state index contributed by atoms with van der Waals surface area (Å²) in [7, 11) is 0. The summed E-state index contributed by atoms with van der Waals surface area (Å²) in [6.45, 7) is 3.95. The Kier molecular flexibility index (Phi) is 3.51. The van der Waals surface area contributed by atoms with Gasteiger partial charge in [0.15, 0.2) is 0 Å². The predicted molar refractivity (Wildman–Crippen MR) is 100 cm³/mol. The van der Waals surface area contributed by atoms with Crippen LogP contribution in [0.4, 0.5) is 0 Å². The topological polar surface area (TPSA) is 58.0 Å². The molecule has 3 aromatic carbocycles. The first-order valence-corrected chi connectivity index (χ1v) is 7.92. The van der Waals surface area contributed by atoms with Gasteiger partial charge in [-0.05, 0) is 46.7 Å². The highest BCUT2D eigenvalue weighted by atomic mass is 16.3. The smallest absolute Gasteiger partial charge is 0.279 e. The number of benzene rings is 3. The van der Waals surface area contributed by atoms with Gasteiger partial charge < -0.3 is 5.11 Å². The molecule has 0 fully saturated rings. The fourth-order valence-corrected chi connectivity index (χ4v) is 2.88. The van der Waals surface area contributed by atoms with Crippen LogP contribution in [0.25, 0.3) is 29.1 Å². The third-order valence-electron chi connectivity index (χ3n) is 4.20. The number of H-pyrrole nitrogens is 1. The molecule has 0 unspecified atom stereocenters. The summed E-state index contributed by atoms with van der Waals surface area (Å²) < 4.78 is 1.50. The highest BCUT2D eigenvalue weighted by molar-refractivity contribution is 5.84. The van der Waals surface area contributed by atoms with Crippen LogP contribution in [-0.2, 0) is 0 Å². The van der Waals surface area contributed by atoms with Gasteiger partial charge >= 0.3 is 0 Å². The highest BCUT2D eigenvalue weighted by Gasteiger charge is 2.05. The van der Waals surface area contributed by atoms with Crippen molar-refractivity contribution in [1.29, 1.82) is 0 Å². The Morgan fingerprint density at radius 1 is 0.960 bits per heavy atom. The van der Waals surface area contributed by atoms with Crippen LogP contribution in [-0.4, -0.2) is 14.9 Å². The summed E-state index contributed by atoms with van der Waals surface area (Å²) >= 11 is 0. The van der Waals surface area contributed by atoms with E-state index in [2.05, 4.69) is 11.7 Å². The largest absolute Gasteiger partial charge is 0.508 e. The van der Waals surface area contributed by atoms with E-state index in [1.165, 1.54) is 4.68 Å². The minimum atomic E-state index is -0.159. The van der Waals surface area contributed by atoms with Crippen molar-refractivity contribution in [3.63, 3.8) is 0 Å². The number of aromatic nitrogens is 2. The molecule has 122 valence electrons. The lowest BCUT2D eigenvalue weighted by molar-refractivity contribution is 0.475. The molecule has 2 N–H and O–H groups in total. The van der Waals surface area contributed by atoms with Crippen molar-refractivity contribution in [3.05, 3.63) is 93.2 Å². The fourth-order valence-electron chi connectivity index (χ4n) is 2.88. The Labute approximate surface area is 143 Å². The summed E-state index contributed by atoms with van der Waals surface area (Å²) in [6, 6.07) is 20.6. The van der Waals surface area contributed by atoms with Crippen LogP contribution in [0.2, 0.25) is 0 Å². The number of hydrogen-bond acceptors (Lipinski definition) is 2.